The van der Waals surface area contributed by atoms with Crippen LogP contribution in [0.25, 0.3) is 0 Å². The molecule has 564 valence electrons. The molecule has 0 rings (SSSR count). The van der Waals surface area contributed by atoms with Crippen LogP contribution in [0, 0.1) is 5.92 Å². The molecule has 0 spiro atoms. The van der Waals surface area contributed by atoms with Gasteiger partial charge in [0.25, 0.3) is 0 Å². The lowest BCUT2D eigenvalue weighted by Crippen LogP contribution is -2.30. The van der Waals surface area contributed by atoms with Crippen LogP contribution < -0.4 is 0 Å². The number of rotatable bonds is 76. The molecule has 5 atom stereocenters. The van der Waals surface area contributed by atoms with E-state index in [4.69, 9.17) is 37.0 Å². The summed E-state index contributed by atoms with van der Waals surface area (Å²) in [7, 11) is -9.91. The molecule has 0 bridgehead atoms. The highest BCUT2D eigenvalue weighted by Gasteiger charge is 2.30. The van der Waals surface area contributed by atoms with Gasteiger partial charge in [-0.25, -0.2) is 9.13 Å². The summed E-state index contributed by atoms with van der Waals surface area (Å²) in [5, 5.41) is 10.6. The van der Waals surface area contributed by atoms with Crippen LogP contribution in [-0.4, -0.2) is 96.7 Å². The number of unbranched alkanes of at least 4 members (excludes halogenated alkanes) is 48. The maximum Gasteiger partial charge on any atom is 0.472 e. The Balaban J connectivity index is 5.24. The molecule has 0 saturated carbocycles. The van der Waals surface area contributed by atoms with Gasteiger partial charge in [0, 0.05) is 25.7 Å². The van der Waals surface area contributed by atoms with Crippen molar-refractivity contribution in [3.8, 4) is 0 Å². The molecular formula is C76H148O17P2. The molecule has 0 heterocycles. The van der Waals surface area contributed by atoms with E-state index in [1.807, 2.05) is 0 Å². The van der Waals surface area contributed by atoms with E-state index >= 15 is 0 Å². The molecule has 0 amide bonds. The molecule has 0 saturated heterocycles. The first-order valence-electron chi connectivity index (χ1n) is 39.6. The predicted octanol–water partition coefficient (Wildman–Crippen LogP) is 22.5. The normalized spacial score (nSPS) is 13.9. The molecule has 0 fully saturated rings. The van der Waals surface area contributed by atoms with Gasteiger partial charge in [-0.05, 0) is 31.6 Å². The SMILES string of the molecule is CCCCCCCCCCCCCCCCCCCC(=O)O[C@H](COC(=O)CCCCCCCCCCCCCCCCCC)COP(=O)(O)OC[C@@H](O)COP(=O)(O)OC[C@@H](COC(=O)CCCCCCCCCCCCC)OC(=O)CCCCCCCCCCC(C)C. The number of hydrogen-bond donors (Lipinski definition) is 3. The summed E-state index contributed by atoms with van der Waals surface area (Å²) in [5.41, 5.74) is 0. The summed E-state index contributed by atoms with van der Waals surface area (Å²) in [6.45, 7) is 7.26. The first-order chi connectivity index (χ1) is 46.0. The van der Waals surface area contributed by atoms with Crippen molar-refractivity contribution in [1.82, 2.24) is 0 Å². The third-order valence-corrected chi connectivity index (χ3v) is 19.7. The highest BCUT2D eigenvalue weighted by atomic mass is 31.2. The molecule has 0 radical (unpaired) electrons. The van der Waals surface area contributed by atoms with Gasteiger partial charge in [-0.3, -0.25) is 37.3 Å². The average Bonchev–Trinajstić information content (AvgIpc) is 2.50. The van der Waals surface area contributed by atoms with Gasteiger partial charge in [0.1, 0.15) is 19.3 Å². The second-order valence-corrected chi connectivity index (χ2v) is 30.8. The molecule has 19 heteroatoms. The monoisotopic (exact) mass is 1400 g/mol. The zero-order valence-electron chi connectivity index (χ0n) is 61.8. The summed E-state index contributed by atoms with van der Waals surface area (Å²) in [6, 6.07) is 0. The van der Waals surface area contributed by atoms with Gasteiger partial charge < -0.3 is 33.8 Å². The number of aliphatic hydroxyl groups is 1. The van der Waals surface area contributed by atoms with Crippen molar-refractivity contribution in [1.29, 1.82) is 0 Å². The zero-order chi connectivity index (χ0) is 69.8. The van der Waals surface area contributed by atoms with E-state index in [-0.39, 0.29) is 25.7 Å². The predicted molar refractivity (Wildman–Crippen MR) is 386 cm³/mol. The average molecular weight is 1400 g/mol. The second kappa shape index (κ2) is 69.2. The Labute approximate surface area is 581 Å². The first kappa shape index (κ1) is 93.1. The number of carbonyl (C=O) groups excluding carboxylic acids is 4. The van der Waals surface area contributed by atoms with Gasteiger partial charge >= 0.3 is 39.5 Å². The highest BCUT2D eigenvalue weighted by Crippen LogP contribution is 2.45. The van der Waals surface area contributed by atoms with Crippen molar-refractivity contribution in [3.05, 3.63) is 0 Å². The topological polar surface area (TPSA) is 237 Å². The highest BCUT2D eigenvalue weighted by molar-refractivity contribution is 7.47. The minimum absolute atomic E-state index is 0.105. The van der Waals surface area contributed by atoms with Crippen molar-refractivity contribution >= 4 is 39.5 Å². The molecule has 0 aliphatic heterocycles. The molecule has 0 aromatic carbocycles. The third-order valence-electron chi connectivity index (χ3n) is 17.8. The van der Waals surface area contributed by atoms with Crippen molar-refractivity contribution in [2.45, 2.75) is 419 Å². The van der Waals surface area contributed by atoms with Crippen LogP contribution in [0.5, 0.6) is 0 Å². The smallest absolute Gasteiger partial charge is 0.462 e. The number of phosphoric ester groups is 2. The van der Waals surface area contributed by atoms with Gasteiger partial charge in [0.15, 0.2) is 12.2 Å². The summed E-state index contributed by atoms with van der Waals surface area (Å²) in [5.74, 6) is -1.39. The molecule has 0 aliphatic carbocycles. The number of aliphatic hydroxyl groups excluding tert-OH is 1. The third kappa shape index (κ3) is 70.3. The van der Waals surface area contributed by atoms with E-state index in [1.54, 1.807) is 0 Å². The van der Waals surface area contributed by atoms with Gasteiger partial charge in [-0.15, -0.1) is 0 Å². The van der Waals surface area contributed by atoms with E-state index in [0.717, 1.165) is 95.8 Å². The fourth-order valence-corrected chi connectivity index (χ4v) is 13.3. The van der Waals surface area contributed by atoms with Crippen LogP contribution in [0.4, 0.5) is 0 Å². The van der Waals surface area contributed by atoms with Crippen LogP contribution in [0.15, 0.2) is 0 Å². The minimum Gasteiger partial charge on any atom is -0.462 e. The maximum absolute atomic E-state index is 13.1. The van der Waals surface area contributed by atoms with Gasteiger partial charge in [0.2, 0.25) is 0 Å². The number of phosphoric acid groups is 2. The number of hydrogen-bond acceptors (Lipinski definition) is 15. The Hall–Kier alpha value is -1.94. The van der Waals surface area contributed by atoms with Crippen LogP contribution in [0.2, 0.25) is 0 Å². The van der Waals surface area contributed by atoms with E-state index in [2.05, 4.69) is 34.6 Å². The largest absolute Gasteiger partial charge is 0.472 e. The van der Waals surface area contributed by atoms with Gasteiger partial charge in [-0.1, -0.05) is 349 Å². The van der Waals surface area contributed by atoms with Crippen molar-refractivity contribution in [2.24, 2.45) is 5.92 Å². The Morgan fingerprint density at radius 2 is 0.484 bits per heavy atom. The second-order valence-electron chi connectivity index (χ2n) is 27.9. The van der Waals surface area contributed by atoms with Gasteiger partial charge in [-0.2, -0.15) is 0 Å². The van der Waals surface area contributed by atoms with E-state index < -0.39 is 97.5 Å². The molecule has 2 unspecified atom stereocenters. The van der Waals surface area contributed by atoms with E-state index in [1.165, 1.54) is 225 Å². The van der Waals surface area contributed by atoms with Crippen LogP contribution in [0.1, 0.15) is 401 Å². The van der Waals surface area contributed by atoms with E-state index in [9.17, 15) is 43.2 Å². The molecule has 0 aromatic heterocycles. The lowest BCUT2D eigenvalue weighted by molar-refractivity contribution is -0.161. The fraction of sp³-hybridized carbons (Fsp3) is 0.947. The Morgan fingerprint density at radius 1 is 0.284 bits per heavy atom. The quantitative estimate of drug-likeness (QED) is 0.0222. The summed E-state index contributed by atoms with van der Waals surface area (Å²) in [6.07, 6.45) is 58.2. The zero-order valence-corrected chi connectivity index (χ0v) is 63.6. The standard InChI is InChI=1S/C76H148O17P2/c1-6-9-12-15-18-21-24-26-28-30-32-34-37-40-46-51-56-61-75(80)92-71(65-87-74(79)60-55-50-45-39-36-33-31-29-27-25-22-19-16-13-10-7-2)67-90-94(82,83)88-63-70(77)64-89-95(84,85)91-68-72(93-76(81)62-57-52-47-42-41-43-48-53-58-69(4)5)66-86-73(78)59-54-49-44-38-35-23-20-17-14-11-8-3/h69-72,77H,6-68H2,1-5H3,(H,82,83)(H,84,85)/t70-,71-,72-/m1/s1. The molecule has 95 heavy (non-hydrogen) atoms. The summed E-state index contributed by atoms with van der Waals surface area (Å²) in [4.78, 5) is 72.8. The van der Waals surface area contributed by atoms with Crippen LogP contribution in [0.3, 0.4) is 0 Å². The van der Waals surface area contributed by atoms with Crippen LogP contribution >= 0.6 is 15.6 Å². The number of carbonyl (C=O) groups is 4. The maximum atomic E-state index is 13.1. The lowest BCUT2D eigenvalue weighted by atomic mass is 10.0. The molecule has 17 nitrogen and oxygen atoms in total. The van der Waals surface area contributed by atoms with Gasteiger partial charge in [0.05, 0.1) is 26.4 Å². The van der Waals surface area contributed by atoms with Crippen molar-refractivity contribution < 1.29 is 80.2 Å². The number of esters is 4. The Bertz CT molecular complexity index is 1820. The first-order valence-corrected chi connectivity index (χ1v) is 42.6. The lowest BCUT2D eigenvalue weighted by Gasteiger charge is -2.21. The molecule has 0 aliphatic rings. The molecule has 3 N–H and O–H groups in total. The Kier molecular flexibility index (Phi) is 67.7. The molecular weight excluding hydrogens is 1250 g/mol. The Morgan fingerprint density at radius 3 is 0.716 bits per heavy atom. The van der Waals surface area contributed by atoms with Crippen molar-refractivity contribution in [2.75, 3.05) is 39.6 Å². The summed E-state index contributed by atoms with van der Waals surface area (Å²) >= 11 is 0. The van der Waals surface area contributed by atoms with Crippen LogP contribution in [-0.2, 0) is 65.4 Å². The van der Waals surface area contributed by atoms with E-state index in [0.29, 0.717) is 25.7 Å². The number of ether oxygens (including phenoxy) is 4. The van der Waals surface area contributed by atoms with Crippen molar-refractivity contribution in [3.63, 3.8) is 0 Å². The minimum atomic E-state index is -4.96. The fourth-order valence-electron chi connectivity index (χ4n) is 11.7. The molecule has 0 aromatic rings. The summed E-state index contributed by atoms with van der Waals surface area (Å²) < 4.78 is 68.5.